The molecule has 0 aromatic heterocycles. The number of aliphatic carboxylic acids is 1. The van der Waals surface area contributed by atoms with Crippen LogP contribution in [0.2, 0.25) is 0 Å². The lowest BCUT2D eigenvalue weighted by atomic mass is 10.1. The second-order valence-corrected chi connectivity index (χ2v) is 8.82. The van der Waals surface area contributed by atoms with Crippen LogP contribution in [-0.4, -0.2) is 34.5 Å². The van der Waals surface area contributed by atoms with E-state index in [1.165, 1.54) is 23.5 Å². The van der Waals surface area contributed by atoms with Crippen molar-refractivity contribution < 1.29 is 14.7 Å². The van der Waals surface area contributed by atoms with Crippen molar-refractivity contribution in [3.05, 3.63) is 35.4 Å². The van der Waals surface area contributed by atoms with E-state index in [9.17, 15) is 14.7 Å². The lowest BCUT2D eigenvalue weighted by molar-refractivity contribution is -0.139. The van der Waals surface area contributed by atoms with Crippen molar-refractivity contribution in [1.29, 1.82) is 0 Å². The Morgan fingerprint density at radius 3 is 2.39 bits per heavy atom. The first-order chi connectivity index (χ1) is 11.1. The van der Waals surface area contributed by atoms with E-state index in [1.54, 1.807) is 12.1 Å². The van der Waals surface area contributed by atoms with Gasteiger partial charge in [-0.15, -0.1) is 23.5 Å². The number of hydrogen-bond donors (Lipinski definition) is 2. The number of carbonyl (C=O) groups excluding carboxylic acids is 1. The Hall–Kier alpha value is -1.14. The third-order valence-electron chi connectivity index (χ3n) is 4.14. The van der Waals surface area contributed by atoms with Crippen molar-refractivity contribution >= 4 is 35.4 Å². The van der Waals surface area contributed by atoms with E-state index < -0.39 is 12.0 Å². The van der Waals surface area contributed by atoms with E-state index in [0.717, 1.165) is 12.8 Å². The Kier molecular flexibility index (Phi) is 5.54. The van der Waals surface area contributed by atoms with Crippen LogP contribution in [0.15, 0.2) is 24.3 Å². The smallest absolute Gasteiger partial charge is 0.326 e. The monoisotopic (exact) mass is 351 g/mol. The van der Waals surface area contributed by atoms with E-state index in [-0.39, 0.29) is 5.91 Å². The highest BCUT2D eigenvalue weighted by Crippen LogP contribution is 2.43. The highest BCUT2D eigenvalue weighted by atomic mass is 32.2. The molecule has 0 radical (unpaired) electrons. The normalized spacial score (nSPS) is 20.0. The summed E-state index contributed by atoms with van der Waals surface area (Å²) in [5.41, 5.74) is 1.76. The summed E-state index contributed by atoms with van der Waals surface area (Å²) >= 11 is 3.89. The predicted octanol–water partition coefficient (Wildman–Crippen LogP) is 3.54. The lowest BCUT2D eigenvalue weighted by Crippen LogP contribution is -2.41. The molecule has 3 rings (SSSR count). The number of carbonyl (C=O) groups is 2. The van der Waals surface area contributed by atoms with Crippen molar-refractivity contribution in [2.75, 3.05) is 11.5 Å². The zero-order valence-electron chi connectivity index (χ0n) is 12.9. The molecule has 1 amide bonds. The molecule has 1 atom stereocenters. The molecule has 0 spiro atoms. The number of thioether (sulfide) groups is 2. The zero-order valence-corrected chi connectivity index (χ0v) is 14.5. The van der Waals surface area contributed by atoms with Crippen LogP contribution in [0.25, 0.3) is 0 Å². The maximum absolute atomic E-state index is 12.3. The molecule has 4 nitrogen and oxygen atoms in total. The summed E-state index contributed by atoms with van der Waals surface area (Å²) in [7, 11) is 0. The van der Waals surface area contributed by atoms with Gasteiger partial charge in [0, 0.05) is 5.56 Å². The van der Waals surface area contributed by atoms with Crippen molar-refractivity contribution in [1.82, 2.24) is 5.32 Å². The highest BCUT2D eigenvalue weighted by molar-refractivity contribution is 8.16. The summed E-state index contributed by atoms with van der Waals surface area (Å²) in [5, 5.41) is 11.9. The van der Waals surface area contributed by atoms with Gasteiger partial charge in [-0.25, -0.2) is 4.79 Å². The molecule has 1 saturated carbocycles. The molecule has 1 heterocycles. The lowest BCUT2D eigenvalue weighted by Gasteiger charge is -2.21. The first-order valence-electron chi connectivity index (χ1n) is 8.00. The number of hydrogen-bond acceptors (Lipinski definition) is 4. The summed E-state index contributed by atoms with van der Waals surface area (Å²) in [5.74, 6) is 1.58. The van der Waals surface area contributed by atoms with Crippen molar-refractivity contribution in [2.45, 2.75) is 36.3 Å². The molecule has 1 aromatic carbocycles. The van der Waals surface area contributed by atoms with E-state index in [1.807, 2.05) is 35.7 Å². The van der Waals surface area contributed by atoms with E-state index in [4.69, 9.17) is 0 Å². The van der Waals surface area contributed by atoms with Crippen LogP contribution >= 0.6 is 23.5 Å². The molecule has 2 fully saturated rings. The largest absolute Gasteiger partial charge is 0.480 e. The summed E-state index contributed by atoms with van der Waals surface area (Å²) in [4.78, 5) is 23.5. The highest BCUT2D eigenvalue weighted by Gasteiger charge is 2.30. The maximum Gasteiger partial charge on any atom is 0.326 e. The van der Waals surface area contributed by atoms with Gasteiger partial charge in [-0.1, -0.05) is 25.0 Å². The number of nitrogens with one attached hydrogen (secondary N) is 1. The molecule has 124 valence electrons. The van der Waals surface area contributed by atoms with Gasteiger partial charge in [-0.05, 0) is 48.0 Å². The molecule has 1 saturated heterocycles. The minimum absolute atomic E-state index is 0.298. The molecule has 1 aliphatic carbocycles. The first kappa shape index (κ1) is 16.7. The summed E-state index contributed by atoms with van der Waals surface area (Å²) in [6, 6.07) is 6.80. The molecule has 6 heteroatoms. The van der Waals surface area contributed by atoms with E-state index in [2.05, 4.69) is 5.32 Å². The number of rotatable bonds is 6. The SMILES string of the molecule is O=C(NC(CC1CC1)C(=O)O)c1ccc(C2SCCCS2)cc1. The Balaban J connectivity index is 1.60. The molecule has 1 aromatic rings. The topological polar surface area (TPSA) is 66.4 Å². The van der Waals surface area contributed by atoms with Gasteiger partial charge in [-0.3, -0.25) is 4.79 Å². The van der Waals surface area contributed by atoms with Crippen LogP contribution in [0, 0.1) is 5.92 Å². The van der Waals surface area contributed by atoms with Crippen LogP contribution < -0.4 is 5.32 Å². The van der Waals surface area contributed by atoms with Gasteiger partial charge < -0.3 is 10.4 Å². The molecule has 1 unspecified atom stereocenters. The summed E-state index contributed by atoms with van der Waals surface area (Å²) < 4.78 is 0.447. The van der Waals surface area contributed by atoms with Crippen molar-refractivity contribution in [3.63, 3.8) is 0 Å². The van der Waals surface area contributed by atoms with Gasteiger partial charge in [0.2, 0.25) is 0 Å². The number of benzene rings is 1. The van der Waals surface area contributed by atoms with Crippen LogP contribution in [0.4, 0.5) is 0 Å². The number of carboxylic acid groups (broad SMARTS) is 1. The van der Waals surface area contributed by atoms with Crippen molar-refractivity contribution in [3.8, 4) is 0 Å². The first-order valence-corrected chi connectivity index (χ1v) is 10.1. The minimum atomic E-state index is -0.947. The van der Waals surface area contributed by atoms with Crippen LogP contribution in [0.1, 0.15) is 46.2 Å². The fourth-order valence-corrected chi connectivity index (χ4v) is 5.52. The second-order valence-electron chi connectivity index (χ2n) is 6.09. The van der Waals surface area contributed by atoms with Crippen molar-refractivity contribution in [2.24, 2.45) is 5.92 Å². The molecule has 2 N–H and O–H groups in total. The molecule has 1 aliphatic heterocycles. The fraction of sp³-hybridized carbons (Fsp3) is 0.529. The van der Waals surface area contributed by atoms with Crippen LogP contribution in [0.3, 0.4) is 0 Å². The summed E-state index contributed by atoms with van der Waals surface area (Å²) in [6.07, 6.45) is 3.94. The molecule has 0 bridgehead atoms. The maximum atomic E-state index is 12.3. The van der Waals surface area contributed by atoms with Crippen LogP contribution in [0.5, 0.6) is 0 Å². The number of carboxylic acids is 1. The molecule has 2 aliphatic rings. The fourth-order valence-electron chi connectivity index (χ4n) is 2.62. The predicted molar refractivity (Wildman–Crippen MR) is 94.9 cm³/mol. The molecular weight excluding hydrogens is 330 g/mol. The summed E-state index contributed by atoms with van der Waals surface area (Å²) in [6.45, 7) is 0. The third-order valence-corrected chi connectivity index (χ3v) is 7.16. The number of amides is 1. The standard InChI is InChI=1S/C17H21NO3S2/c19-15(18-14(16(20)21)10-11-2-3-11)12-4-6-13(7-5-12)17-22-8-1-9-23-17/h4-7,11,14,17H,1-3,8-10H2,(H,18,19)(H,20,21). The van der Waals surface area contributed by atoms with Gasteiger partial charge in [0.05, 0.1) is 4.58 Å². The van der Waals surface area contributed by atoms with Gasteiger partial charge in [0.1, 0.15) is 6.04 Å². The zero-order chi connectivity index (χ0) is 16.2. The Bertz CT molecular complexity index is 566. The van der Waals surface area contributed by atoms with Gasteiger partial charge in [0.25, 0.3) is 5.91 Å². The van der Waals surface area contributed by atoms with Crippen LogP contribution in [-0.2, 0) is 4.79 Å². The molecule has 23 heavy (non-hydrogen) atoms. The van der Waals surface area contributed by atoms with Gasteiger partial charge in [0.15, 0.2) is 0 Å². The Morgan fingerprint density at radius 1 is 1.17 bits per heavy atom. The minimum Gasteiger partial charge on any atom is -0.480 e. The van der Waals surface area contributed by atoms with Gasteiger partial charge >= 0.3 is 5.97 Å². The third kappa shape index (κ3) is 4.67. The quantitative estimate of drug-likeness (QED) is 0.820. The Labute approximate surface area is 144 Å². The second kappa shape index (κ2) is 7.62. The van der Waals surface area contributed by atoms with E-state index >= 15 is 0 Å². The van der Waals surface area contributed by atoms with E-state index in [0.29, 0.717) is 22.5 Å². The van der Waals surface area contributed by atoms with Gasteiger partial charge in [-0.2, -0.15) is 0 Å². The molecular formula is C17H21NO3S2. The Morgan fingerprint density at radius 2 is 1.83 bits per heavy atom. The average Bonchev–Trinajstić information content (AvgIpc) is 3.39. The average molecular weight is 351 g/mol.